The largest absolute Gasteiger partial charge is 0.396 e. The van der Waals surface area contributed by atoms with E-state index >= 15 is 0 Å². The van der Waals surface area contributed by atoms with Gasteiger partial charge in [0.25, 0.3) is 0 Å². The van der Waals surface area contributed by atoms with Crippen LogP contribution in [-0.2, 0) is 9.59 Å². The van der Waals surface area contributed by atoms with E-state index in [0.29, 0.717) is 18.4 Å². The summed E-state index contributed by atoms with van der Waals surface area (Å²) >= 11 is 0. The molecule has 6 heteroatoms. The van der Waals surface area contributed by atoms with Gasteiger partial charge in [-0.25, -0.2) is 0 Å². The highest BCUT2D eigenvalue weighted by molar-refractivity contribution is 5.76. The Bertz CT molecular complexity index is 1020. The van der Waals surface area contributed by atoms with Crippen LogP contribution in [-0.4, -0.2) is 84.0 Å². The topological polar surface area (TPSA) is 64.1 Å². The molecule has 1 N–H and O–H groups in total. The third-order valence-corrected chi connectivity index (χ3v) is 16.7. The predicted molar refractivity (Wildman–Crippen MR) is 333 cm³/mol. The van der Waals surface area contributed by atoms with Crippen molar-refractivity contribution in [2.45, 2.75) is 381 Å². The molecule has 0 aromatic carbocycles. The molecule has 0 radical (unpaired) electrons. The van der Waals surface area contributed by atoms with Crippen LogP contribution in [0, 0.1) is 0 Å². The molecule has 2 amide bonds. The summed E-state index contributed by atoms with van der Waals surface area (Å²) < 4.78 is 0. The van der Waals surface area contributed by atoms with Crippen LogP contribution in [0.2, 0.25) is 0 Å². The van der Waals surface area contributed by atoms with Crippen molar-refractivity contribution in [3.63, 3.8) is 0 Å². The Morgan fingerprint density at radius 2 is 0.400 bits per heavy atom. The average molecular weight is 1060 g/mol. The van der Waals surface area contributed by atoms with Crippen molar-refractivity contribution >= 4 is 11.8 Å². The predicted octanol–water partition coefficient (Wildman–Crippen LogP) is 21.5. The highest BCUT2D eigenvalue weighted by atomic mass is 16.3. The van der Waals surface area contributed by atoms with Gasteiger partial charge in [0.05, 0.1) is 0 Å². The number of aliphatic hydroxyl groups is 1. The molecular weight excluding hydrogens is 919 g/mol. The van der Waals surface area contributed by atoms with Gasteiger partial charge < -0.3 is 19.8 Å². The summed E-state index contributed by atoms with van der Waals surface area (Å²) in [5, 5.41) is 9.39. The number of unbranched alkanes of at least 4 members (excludes halogenated alkanes) is 46. The summed E-state index contributed by atoms with van der Waals surface area (Å²) in [6.45, 7) is 17.0. The highest BCUT2D eigenvalue weighted by Crippen LogP contribution is 2.18. The van der Waals surface area contributed by atoms with Gasteiger partial charge in [0.1, 0.15) is 0 Å². The van der Waals surface area contributed by atoms with Crippen LogP contribution in [0.5, 0.6) is 0 Å². The minimum Gasteiger partial charge on any atom is -0.396 e. The van der Waals surface area contributed by atoms with Gasteiger partial charge in [-0.1, -0.05) is 297 Å². The molecule has 0 fully saturated rings. The van der Waals surface area contributed by atoms with Gasteiger partial charge in [-0.2, -0.15) is 0 Å². The smallest absolute Gasteiger partial charge is 0.222 e. The lowest BCUT2D eigenvalue weighted by Gasteiger charge is -2.23. The minimum absolute atomic E-state index is 0.315. The van der Waals surface area contributed by atoms with Crippen LogP contribution >= 0.6 is 0 Å². The normalized spacial score (nSPS) is 11.7. The first-order chi connectivity index (χ1) is 37.0. The Hall–Kier alpha value is -1.14. The summed E-state index contributed by atoms with van der Waals surface area (Å²) in [4.78, 5) is 34.2. The minimum atomic E-state index is 0.315. The monoisotopic (exact) mass is 1060 g/mol. The molecule has 0 aliphatic carbocycles. The fourth-order valence-corrected chi connectivity index (χ4v) is 11.4. The van der Waals surface area contributed by atoms with Gasteiger partial charge in [0, 0.05) is 45.6 Å². The SMILES string of the molecule is CCCCCCCCCCCCN(CCCCCCCCN(CCCCCO)CCCCCCCCN(CCCCCCCCCCCC)C(=O)CCCCCCCCCCC)C(=O)CCCCCCCCCCC. The fraction of sp³-hybridized carbons (Fsp3) is 0.971. The first-order valence-electron chi connectivity index (χ1n) is 34.9. The molecule has 0 spiro atoms. The molecule has 0 atom stereocenters. The standard InChI is InChI=1S/C69H139N3O3/c1-5-9-13-17-21-25-29-33-43-53-63-71(68(74)58-48-39-31-27-23-19-15-11-7-3)65-55-45-37-35-41-50-60-70(62-52-47-57-67-73)61-51-42-36-38-46-56-66-72(64-54-44-34-30-26-22-18-14-10-6-2)69(75)59-49-40-32-28-24-20-16-12-8-4/h73H,5-67H2,1-4H3. The van der Waals surface area contributed by atoms with E-state index in [1.807, 2.05) is 0 Å². The Kier molecular flexibility index (Phi) is 62.7. The van der Waals surface area contributed by atoms with E-state index in [-0.39, 0.29) is 0 Å². The molecule has 6 nitrogen and oxygen atoms in total. The van der Waals surface area contributed by atoms with E-state index < -0.39 is 0 Å². The number of carbonyl (C=O) groups excluding carboxylic acids is 2. The van der Waals surface area contributed by atoms with Crippen LogP contribution in [0.3, 0.4) is 0 Å². The Labute approximate surface area is 472 Å². The second-order valence-electron chi connectivity index (χ2n) is 24.2. The van der Waals surface area contributed by atoms with Crippen molar-refractivity contribution in [2.75, 3.05) is 52.4 Å². The molecular formula is C69H139N3O3. The summed E-state index contributed by atoms with van der Waals surface area (Å²) in [7, 11) is 0. The maximum absolute atomic E-state index is 13.5. The van der Waals surface area contributed by atoms with Crippen LogP contribution in [0.4, 0.5) is 0 Å². The quantitative estimate of drug-likeness (QED) is 0.0617. The summed E-state index contributed by atoms with van der Waals surface area (Å²) in [6.07, 6.45) is 70.4. The second kappa shape index (κ2) is 63.7. The zero-order valence-corrected chi connectivity index (χ0v) is 52.2. The zero-order chi connectivity index (χ0) is 54.4. The van der Waals surface area contributed by atoms with E-state index in [0.717, 1.165) is 77.5 Å². The van der Waals surface area contributed by atoms with Gasteiger partial charge in [-0.3, -0.25) is 9.59 Å². The number of hydrogen-bond acceptors (Lipinski definition) is 4. The highest BCUT2D eigenvalue weighted by Gasteiger charge is 2.15. The number of nitrogens with zero attached hydrogens (tertiary/aromatic N) is 3. The molecule has 0 aliphatic heterocycles. The maximum atomic E-state index is 13.5. The third-order valence-electron chi connectivity index (χ3n) is 16.7. The number of hydrogen-bond donors (Lipinski definition) is 1. The summed E-state index contributed by atoms with van der Waals surface area (Å²) in [5.41, 5.74) is 0. The molecule has 0 heterocycles. The second-order valence-corrected chi connectivity index (χ2v) is 24.2. The third kappa shape index (κ3) is 56.0. The Morgan fingerprint density at radius 3 is 0.613 bits per heavy atom. The summed E-state index contributed by atoms with van der Waals surface area (Å²) in [5.74, 6) is 0.856. The molecule has 448 valence electrons. The van der Waals surface area contributed by atoms with Crippen molar-refractivity contribution in [3.05, 3.63) is 0 Å². The molecule has 0 saturated carbocycles. The van der Waals surface area contributed by atoms with E-state index in [4.69, 9.17) is 0 Å². The Balaban J connectivity index is 4.67. The molecule has 75 heavy (non-hydrogen) atoms. The van der Waals surface area contributed by atoms with E-state index in [2.05, 4.69) is 42.4 Å². The lowest BCUT2D eigenvalue weighted by Crippen LogP contribution is -2.32. The molecule has 0 saturated heterocycles. The van der Waals surface area contributed by atoms with Crippen LogP contribution < -0.4 is 0 Å². The van der Waals surface area contributed by atoms with Gasteiger partial charge >= 0.3 is 0 Å². The lowest BCUT2D eigenvalue weighted by molar-refractivity contribution is -0.132. The molecule has 0 rings (SSSR count). The first kappa shape index (κ1) is 73.9. The van der Waals surface area contributed by atoms with E-state index in [1.54, 1.807) is 0 Å². The van der Waals surface area contributed by atoms with Crippen molar-refractivity contribution in [3.8, 4) is 0 Å². The van der Waals surface area contributed by atoms with Crippen LogP contribution in [0.1, 0.15) is 381 Å². The lowest BCUT2D eigenvalue weighted by atomic mass is 10.1. The van der Waals surface area contributed by atoms with Crippen molar-refractivity contribution in [2.24, 2.45) is 0 Å². The van der Waals surface area contributed by atoms with E-state index in [9.17, 15) is 14.7 Å². The van der Waals surface area contributed by atoms with Crippen molar-refractivity contribution in [1.29, 1.82) is 0 Å². The van der Waals surface area contributed by atoms with E-state index in [1.165, 1.54) is 321 Å². The first-order valence-corrected chi connectivity index (χ1v) is 34.9. The number of rotatable bonds is 65. The molecule has 0 aliphatic rings. The number of aliphatic hydroxyl groups excluding tert-OH is 1. The average Bonchev–Trinajstić information content (AvgIpc) is 3.41. The molecule has 0 unspecified atom stereocenters. The molecule has 0 bridgehead atoms. The molecule has 0 aromatic heterocycles. The zero-order valence-electron chi connectivity index (χ0n) is 52.2. The van der Waals surface area contributed by atoms with Crippen molar-refractivity contribution < 1.29 is 14.7 Å². The fourth-order valence-electron chi connectivity index (χ4n) is 11.4. The van der Waals surface area contributed by atoms with Gasteiger partial charge in [0.2, 0.25) is 11.8 Å². The summed E-state index contributed by atoms with van der Waals surface area (Å²) in [6, 6.07) is 0. The Morgan fingerprint density at radius 1 is 0.227 bits per heavy atom. The van der Waals surface area contributed by atoms with Crippen molar-refractivity contribution in [1.82, 2.24) is 14.7 Å². The maximum Gasteiger partial charge on any atom is 0.222 e. The van der Waals surface area contributed by atoms with Crippen LogP contribution in [0.25, 0.3) is 0 Å². The number of carbonyl (C=O) groups is 2. The van der Waals surface area contributed by atoms with Gasteiger partial charge in [-0.05, 0) is 90.3 Å². The van der Waals surface area contributed by atoms with Gasteiger partial charge in [-0.15, -0.1) is 0 Å². The molecule has 0 aromatic rings. The number of amides is 2. The van der Waals surface area contributed by atoms with Crippen LogP contribution in [0.15, 0.2) is 0 Å². The van der Waals surface area contributed by atoms with Gasteiger partial charge in [0.15, 0.2) is 0 Å².